The summed E-state index contributed by atoms with van der Waals surface area (Å²) >= 11 is 0. The van der Waals surface area contributed by atoms with Crippen LogP contribution in [0.3, 0.4) is 0 Å². The second-order valence-corrected chi connectivity index (χ2v) is 8.56. The van der Waals surface area contributed by atoms with E-state index in [9.17, 15) is 9.59 Å². The zero-order valence-electron chi connectivity index (χ0n) is 18.0. The van der Waals surface area contributed by atoms with E-state index in [2.05, 4.69) is 4.90 Å². The Bertz CT molecular complexity index is 903. The standard InChI is InChI=1S/C24H31N3O3/c1-18-5-3-6-20(15-18)24(29)26-12-4-11-25(13-14-26)17-23(28)27(21-8-9-21)16-22-10-7-19(2)30-22/h3,5-7,10,15,21H,4,8-9,11-14,16-17H2,1-2H3. The second-order valence-electron chi connectivity index (χ2n) is 8.56. The van der Waals surface area contributed by atoms with E-state index in [1.165, 1.54) is 0 Å². The molecule has 2 heterocycles. The number of benzene rings is 1. The lowest BCUT2D eigenvalue weighted by Crippen LogP contribution is -2.42. The molecular weight excluding hydrogens is 378 g/mol. The van der Waals surface area contributed by atoms with Gasteiger partial charge in [-0.25, -0.2) is 0 Å². The molecule has 0 unspecified atom stereocenters. The minimum Gasteiger partial charge on any atom is -0.464 e. The minimum absolute atomic E-state index is 0.0830. The number of aryl methyl sites for hydroxylation is 2. The van der Waals surface area contributed by atoms with Crippen LogP contribution in [-0.2, 0) is 11.3 Å². The Morgan fingerprint density at radius 3 is 2.60 bits per heavy atom. The van der Waals surface area contributed by atoms with Crippen molar-refractivity contribution < 1.29 is 14.0 Å². The summed E-state index contributed by atoms with van der Waals surface area (Å²) in [5.41, 5.74) is 1.84. The summed E-state index contributed by atoms with van der Waals surface area (Å²) in [6.45, 7) is 7.82. The molecular formula is C24H31N3O3. The average Bonchev–Trinajstić information content (AvgIpc) is 3.52. The van der Waals surface area contributed by atoms with Crippen LogP contribution < -0.4 is 0 Å². The quantitative estimate of drug-likeness (QED) is 0.735. The van der Waals surface area contributed by atoms with Gasteiger partial charge < -0.3 is 14.2 Å². The fraction of sp³-hybridized carbons (Fsp3) is 0.500. The molecule has 1 saturated carbocycles. The van der Waals surface area contributed by atoms with Crippen LogP contribution in [0.25, 0.3) is 0 Å². The predicted octanol–water partition coefficient (Wildman–Crippen LogP) is 3.24. The summed E-state index contributed by atoms with van der Waals surface area (Å²) < 4.78 is 5.69. The summed E-state index contributed by atoms with van der Waals surface area (Å²) in [5.74, 6) is 1.96. The molecule has 2 aromatic rings. The van der Waals surface area contributed by atoms with Crippen LogP contribution >= 0.6 is 0 Å². The topological polar surface area (TPSA) is 57.0 Å². The van der Waals surface area contributed by atoms with E-state index in [1.54, 1.807) is 0 Å². The SMILES string of the molecule is Cc1cccc(C(=O)N2CCCN(CC(=O)N(Cc3ccc(C)o3)C3CC3)CC2)c1. The normalized spacial score (nSPS) is 17.6. The second kappa shape index (κ2) is 9.04. The van der Waals surface area contributed by atoms with E-state index in [4.69, 9.17) is 4.42 Å². The molecule has 2 fully saturated rings. The third kappa shape index (κ3) is 5.11. The lowest BCUT2D eigenvalue weighted by molar-refractivity contribution is -0.133. The molecule has 1 aliphatic heterocycles. The van der Waals surface area contributed by atoms with Gasteiger partial charge in [-0.05, 0) is 57.4 Å². The average molecular weight is 410 g/mol. The fourth-order valence-corrected chi connectivity index (χ4v) is 4.12. The number of hydrogen-bond donors (Lipinski definition) is 0. The Hall–Kier alpha value is -2.60. The number of rotatable bonds is 6. The van der Waals surface area contributed by atoms with Crippen molar-refractivity contribution in [3.63, 3.8) is 0 Å². The first kappa shape index (κ1) is 20.7. The zero-order valence-corrected chi connectivity index (χ0v) is 18.0. The zero-order chi connectivity index (χ0) is 21.1. The molecule has 6 nitrogen and oxygen atoms in total. The summed E-state index contributed by atoms with van der Waals surface area (Å²) in [6.07, 6.45) is 3.03. The van der Waals surface area contributed by atoms with E-state index in [0.717, 1.165) is 61.5 Å². The van der Waals surface area contributed by atoms with E-state index in [1.807, 2.05) is 60.0 Å². The maximum absolute atomic E-state index is 13.1. The first-order valence-corrected chi connectivity index (χ1v) is 10.9. The van der Waals surface area contributed by atoms with Crippen molar-refractivity contribution in [3.05, 3.63) is 59.0 Å². The molecule has 4 rings (SSSR count). The molecule has 1 aromatic heterocycles. The van der Waals surface area contributed by atoms with Crippen LogP contribution in [0.15, 0.2) is 40.8 Å². The van der Waals surface area contributed by atoms with Crippen LogP contribution in [-0.4, -0.2) is 65.3 Å². The molecule has 2 aliphatic rings. The van der Waals surface area contributed by atoms with Gasteiger partial charge in [0.2, 0.25) is 5.91 Å². The molecule has 2 amide bonds. The smallest absolute Gasteiger partial charge is 0.253 e. The van der Waals surface area contributed by atoms with Gasteiger partial charge in [-0.2, -0.15) is 0 Å². The van der Waals surface area contributed by atoms with Crippen LogP contribution in [0.1, 0.15) is 46.7 Å². The molecule has 6 heteroatoms. The van der Waals surface area contributed by atoms with Crippen molar-refractivity contribution >= 4 is 11.8 Å². The molecule has 1 aliphatic carbocycles. The Labute approximate surface area is 178 Å². The van der Waals surface area contributed by atoms with Crippen molar-refractivity contribution in [2.75, 3.05) is 32.7 Å². The van der Waals surface area contributed by atoms with E-state index >= 15 is 0 Å². The lowest BCUT2D eigenvalue weighted by atomic mass is 10.1. The molecule has 0 spiro atoms. The minimum atomic E-state index is 0.0830. The number of nitrogens with zero attached hydrogens (tertiary/aromatic N) is 3. The summed E-state index contributed by atoms with van der Waals surface area (Å²) in [4.78, 5) is 32.0. The van der Waals surface area contributed by atoms with Gasteiger partial charge in [0.05, 0.1) is 13.1 Å². The predicted molar refractivity (Wildman–Crippen MR) is 115 cm³/mol. The number of furan rings is 1. The van der Waals surface area contributed by atoms with Crippen molar-refractivity contribution in [2.45, 2.75) is 45.7 Å². The van der Waals surface area contributed by atoms with Crippen LogP contribution in [0.2, 0.25) is 0 Å². The third-order valence-corrected chi connectivity index (χ3v) is 5.93. The Balaban J connectivity index is 1.33. The van der Waals surface area contributed by atoms with Crippen LogP contribution in [0.5, 0.6) is 0 Å². The van der Waals surface area contributed by atoms with Crippen molar-refractivity contribution in [3.8, 4) is 0 Å². The lowest BCUT2D eigenvalue weighted by Gasteiger charge is -2.26. The fourth-order valence-electron chi connectivity index (χ4n) is 4.12. The van der Waals surface area contributed by atoms with Crippen molar-refractivity contribution in [1.82, 2.24) is 14.7 Å². The van der Waals surface area contributed by atoms with Gasteiger partial charge >= 0.3 is 0 Å². The molecule has 1 saturated heterocycles. The highest BCUT2D eigenvalue weighted by molar-refractivity contribution is 5.94. The molecule has 0 radical (unpaired) electrons. The maximum Gasteiger partial charge on any atom is 0.253 e. The Morgan fingerprint density at radius 1 is 1.07 bits per heavy atom. The highest BCUT2D eigenvalue weighted by atomic mass is 16.3. The number of carbonyl (C=O) groups is 2. The van der Waals surface area contributed by atoms with Gasteiger partial charge in [0.1, 0.15) is 11.5 Å². The van der Waals surface area contributed by atoms with Gasteiger partial charge in [0, 0.05) is 37.8 Å². The van der Waals surface area contributed by atoms with Gasteiger partial charge in [-0.1, -0.05) is 17.7 Å². The first-order chi connectivity index (χ1) is 14.5. The van der Waals surface area contributed by atoms with Crippen LogP contribution in [0.4, 0.5) is 0 Å². The van der Waals surface area contributed by atoms with Crippen LogP contribution in [0, 0.1) is 13.8 Å². The van der Waals surface area contributed by atoms with Gasteiger partial charge in [0.25, 0.3) is 5.91 Å². The molecule has 0 bridgehead atoms. The van der Waals surface area contributed by atoms with E-state index < -0.39 is 0 Å². The molecule has 0 atom stereocenters. The van der Waals surface area contributed by atoms with E-state index in [0.29, 0.717) is 25.7 Å². The highest BCUT2D eigenvalue weighted by Crippen LogP contribution is 2.29. The van der Waals surface area contributed by atoms with Crippen molar-refractivity contribution in [2.24, 2.45) is 0 Å². The number of hydrogen-bond acceptors (Lipinski definition) is 4. The monoisotopic (exact) mass is 409 g/mol. The third-order valence-electron chi connectivity index (χ3n) is 5.93. The number of carbonyl (C=O) groups excluding carboxylic acids is 2. The Kier molecular flexibility index (Phi) is 6.23. The highest BCUT2D eigenvalue weighted by Gasteiger charge is 2.34. The van der Waals surface area contributed by atoms with Gasteiger partial charge in [0.15, 0.2) is 0 Å². The summed E-state index contributed by atoms with van der Waals surface area (Å²) in [6, 6.07) is 12.0. The van der Waals surface area contributed by atoms with Gasteiger partial charge in [-0.15, -0.1) is 0 Å². The maximum atomic E-state index is 13.1. The molecule has 0 N–H and O–H groups in total. The molecule has 160 valence electrons. The summed E-state index contributed by atoms with van der Waals surface area (Å²) in [7, 11) is 0. The Morgan fingerprint density at radius 2 is 1.90 bits per heavy atom. The largest absolute Gasteiger partial charge is 0.464 e. The van der Waals surface area contributed by atoms with Crippen molar-refractivity contribution in [1.29, 1.82) is 0 Å². The first-order valence-electron chi connectivity index (χ1n) is 10.9. The molecule has 1 aromatic carbocycles. The molecule has 30 heavy (non-hydrogen) atoms. The number of amides is 2. The summed E-state index contributed by atoms with van der Waals surface area (Å²) in [5, 5.41) is 0. The van der Waals surface area contributed by atoms with Gasteiger partial charge in [-0.3, -0.25) is 14.5 Å². The van der Waals surface area contributed by atoms with E-state index in [-0.39, 0.29) is 11.8 Å².